The number of hydrogen-bond acceptors (Lipinski definition) is 8. The maximum absolute atomic E-state index is 12.5. The number of nitrogens with one attached hydrogen (secondary N) is 1. The van der Waals surface area contributed by atoms with Crippen LogP contribution in [-0.2, 0) is 19.1 Å². The minimum absolute atomic E-state index is 0.0147. The number of ketones is 1. The van der Waals surface area contributed by atoms with Crippen molar-refractivity contribution in [1.29, 1.82) is 0 Å². The molecule has 0 aromatic carbocycles. The van der Waals surface area contributed by atoms with Crippen LogP contribution in [0.5, 0.6) is 0 Å². The molecule has 10 heteroatoms. The molecule has 0 saturated carbocycles. The molecule has 1 fully saturated rings. The van der Waals surface area contributed by atoms with Crippen LogP contribution in [0.15, 0.2) is 6.07 Å². The lowest BCUT2D eigenvalue weighted by Crippen LogP contribution is -2.43. The van der Waals surface area contributed by atoms with Gasteiger partial charge in [0.05, 0.1) is 0 Å². The van der Waals surface area contributed by atoms with Gasteiger partial charge in [-0.25, -0.2) is 4.79 Å². The lowest BCUT2D eigenvalue weighted by atomic mass is 9.87. The van der Waals surface area contributed by atoms with Crippen LogP contribution in [0.4, 0.5) is 5.82 Å². The first-order chi connectivity index (χ1) is 11.8. The molecule has 1 atom stereocenters. The SMILES string of the molecule is CN(CC1(C)C(=O)NC(=O)C1=O)c1nnc(Cl)cc1C(=O)OC(C)(C)C. The molecular weight excluding hydrogens is 364 g/mol. The summed E-state index contributed by atoms with van der Waals surface area (Å²) in [5.41, 5.74) is -2.32. The van der Waals surface area contributed by atoms with Gasteiger partial charge in [0.2, 0.25) is 11.7 Å². The molecule has 0 spiro atoms. The third kappa shape index (κ3) is 3.82. The molecule has 1 aromatic heterocycles. The molecule has 1 N–H and O–H groups in total. The lowest BCUT2D eigenvalue weighted by molar-refractivity contribution is -0.139. The molecule has 1 aromatic rings. The fraction of sp³-hybridized carbons (Fsp3) is 0.500. The predicted molar refractivity (Wildman–Crippen MR) is 91.7 cm³/mol. The second-order valence-corrected chi connectivity index (χ2v) is 7.59. The van der Waals surface area contributed by atoms with Crippen molar-refractivity contribution in [2.24, 2.45) is 5.41 Å². The van der Waals surface area contributed by atoms with E-state index in [0.29, 0.717) is 0 Å². The van der Waals surface area contributed by atoms with E-state index in [0.717, 1.165) is 0 Å². The summed E-state index contributed by atoms with van der Waals surface area (Å²) in [6.07, 6.45) is 0. The van der Waals surface area contributed by atoms with Crippen LogP contribution >= 0.6 is 11.6 Å². The van der Waals surface area contributed by atoms with Crippen molar-refractivity contribution in [1.82, 2.24) is 15.5 Å². The summed E-state index contributed by atoms with van der Waals surface area (Å²) in [7, 11) is 1.51. The Bertz CT molecular complexity index is 804. The van der Waals surface area contributed by atoms with Gasteiger partial charge in [0, 0.05) is 13.6 Å². The summed E-state index contributed by atoms with van der Waals surface area (Å²) >= 11 is 5.84. The van der Waals surface area contributed by atoms with E-state index >= 15 is 0 Å². The molecule has 0 radical (unpaired) electrons. The van der Waals surface area contributed by atoms with E-state index in [-0.39, 0.29) is 23.1 Å². The fourth-order valence-electron chi connectivity index (χ4n) is 2.47. The van der Waals surface area contributed by atoms with E-state index in [9.17, 15) is 19.2 Å². The molecule has 2 rings (SSSR count). The van der Waals surface area contributed by atoms with Crippen molar-refractivity contribution in [2.75, 3.05) is 18.5 Å². The number of esters is 1. The molecule has 0 aliphatic carbocycles. The maximum atomic E-state index is 12.5. The van der Waals surface area contributed by atoms with E-state index in [1.165, 1.54) is 24.9 Å². The van der Waals surface area contributed by atoms with E-state index < -0.39 is 34.6 Å². The lowest BCUT2D eigenvalue weighted by Gasteiger charge is -2.28. The first-order valence-electron chi connectivity index (χ1n) is 7.73. The minimum Gasteiger partial charge on any atom is -0.456 e. The maximum Gasteiger partial charge on any atom is 0.342 e. The second-order valence-electron chi connectivity index (χ2n) is 7.21. The molecule has 140 valence electrons. The second kappa shape index (κ2) is 6.64. The standard InChI is InChI=1S/C16H19ClN4O5/c1-15(2,3)26-13(24)8-6-9(17)19-20-11(8)21(5)7-16(4)10(22)12(23)18-14(16)25/h6H,7H2,1-5H3,(H,18,23,25). The van der Waals surface area contributed by atoms with Gasteiger partial charge in [-0.05, 0) is 33.8 Å². The molecule has 1 saturated heterocycles. The number of halogens is 1. The summed E-state index contributed by atoms with van der Waals surface area (Å²) in [4.78, 5) is 49.4. The number of hydrogen-bond donors (Lipinski definition) is 1. The van der Waals surface area contributed by atoms with Gasteiger partial charge in [0.1, 0.15) is 16.6 Å². The van der Waals surface area contributed by atoms with Gasteiger partial charge in [-0.15, -0.1) is 10.2 Å². The first kappa shape index (κ1) is 19.8. The molecule has 9 nitrogen and oxygen atoms in total. The molecule has 2 amide bonds. The summed E-state index contributed by atoms with van der Waals surface area (Å²) in [5.74, 6) is -3.12. The molecule has 1 unspecified atom stereocenters. The van der Waals surface area contributed by atoms with E-state index in [1.807, 2.05) is 5.32 Å². The number of carbonyl (C=O) groups excluding carboxylic acids is 4. The monoisotopic (exact) mass is 382 g/mol. The van der Waals surface area contributed by atoms with E-state index in [2.05, 4.69) is 10.2 Å². The number of imide groups is 1. The van der Waals surface area contributed by atoms with Crippen LogP contribution in [0.2, 0.25) is 5.15 Å². The van der Waals surface area contributed by atoms with Gasteiger partial charge in [-0.2, -0.15) is 0 Å². The van der Waals surface area contributed by atoms with Gasteiger partial charge in [0.15, 0.2) is 11.0 Å². The van der Waals surface area contributed by atoms with Crippen LogP contribution in [0.3, 0.4) is 0 Å². The smallest absolute Gasteiger partial charge is 0.342 e. The molecular formula is C16H19ClN4O5. The van der Waals surface area contributed by atoms with Crippen LogP contribution < -0.4 is 10.2 Å². The van der Waals surface area contributed by atoms with Crippen molar-refractivity contribution in [3.8, 4) is 0 Å². The highest BCUT2D eigenvalue weighted by molar-refractivity contribution is 6.50. The highest BCUT2D eigenvalue weighted by Crippen LogP contribution is 2.28. The van der Waals surface area contributed by atoms with Crippen molar-refractivity contribution in [2.45, 2.75) is 33.3 Å². The average Bonchev–Trinajstić information content (AvgIpc) is 2.69. The molecule has 1 aliphatic heterocycles. The summed E-state index contributed by atoms with van der Waals surface area (Å²) in [6, 6.07) is 1.29. The quantitative estimate of drug-likeness (QED) is 0.351. The molecule has 0 bridgehead atoms. The number of carbonyl (C=O) groups is 4. The van der Waals surface area contributed by atoms with Crippen LogP contribution in [0.1, 0.15) is 38.1 Å². The van der Waals surface area contributed by atoms with Crippen molar-refractivity contribution in [3.63, 3.8) is 0 Å². The van der Waals surface area contributed by atoms with E-state index in [1.54, 1.807) is 20.8 Å². The first-order valence-corrected chi connectivity index (χ1v) is 8.11. The number of Topliss-reactive ketones (excluding diaryl/α,β-unsaturated/α-hetero) is 1. The zero-order valence-electron chi connectivity index (χ0n) is 15.0. The number of nitrogens with zero attached hydrogens (tertiary/aromatic N) is 3. The van der Waals surface area contributed by atoms with Crippen LogP contribution in [0.25, 0.3) is 0 Å². The minimum atomic E-state index is -1.60. The zero-order valence-corrected chi connectivity index (χ0v) is 15.8. The number of amides is 2. The van der Waals surface area contributed by atoms with Crippen molar-refractivity contribution in [3.05, 3.63) is 16.8 Å². The summed E-state index contributed by atoms with van der Waals surface area (Å²) in [5, 5.41) is 9.56. The molecule has 2 heterocycles. The number of rotatable bonds is 4. The topological polar surface area (TPSA) is 119 Å². The average molecular weight is 383 g/mol. The van der Waals surface area contributed by atoms with Crippen LogP contribution in [-0.4, -0.2) is 53.0 Å². The zero-order chi connectivity index (χ0) is 19.9. The highest BCUT2D eigenvalue weighted by atomic mass is 35.5. The predicted octanol–water partition coefficient (Wildman–Crippen LogP) is 0.753. The van der Waals surface area contributed by atoms with Gasteiger partial charge < -0.3 is 9.64 Å². The fourth-order valence-corrected chi connectivity index (χ4v) is 2.62. The van der Waals surface area contributed by atoms with Crippen molar-refractivity contribution < 1.29 is 23.9 Å². The summed E-state index contributed by atoms with van der Waals surface area (Å²) in [6.45, 7) is 6.29. The largest absolute Gasteiger partial charge is 0.456 e. The molecule has 1 aliphatic rings. The Kier molecular flexibility index (Phi) is 5.05. The number of anilines is 1. The van der Waals surface area contributed by atoms with Gasteiger partial charge >= 0.3 is 5.97 Å². The number of aromatic nitrogens is 2. The normalized spacial score (nSPS) is 20.2. The van der Waals surface area contributed by atoms with Crippen LogP contribution in [0, 0.1) is 5.41 Å². The Labute approximate surface area is 155 Å². The Morgan fingerprint density at radius 3 is 2.42 bits per heavy atom. The van der Waals surface area contributed by atoms with Gasteiger partial charge in [-0.3, -0.25) is 19.7 Å². The van der Waals surface area contributed by atoms with E-state index in [4.69, 9.17) is 16.3 Å². The third-order valence-corrected chi connectivity index (χ3v) is 3.90. The summed E-state index contributed by atoms with van der Waals surface area (Å²) < 4.78 is 5.33. The molecule has 26 heavy (non-hydrogen) atoms. The Balaban J connectivity index is 2.36. The third-order valence-electron chi connectivity index (χ3n) is 3.71. The Morgan fingerprint density at radius 2 is 1.92 bits per heavy atom. The highest BCUT2D eigenvalue weighted by Gasteiger charge is 2.52. The Hall–Kier alpha value is -2.55. The Morgan fingerprint density at radius 1 is 1.31 bits per heavy atom. The van der Waals surface area contributed by atoms with Gasteiger partial charge in [0.25, 0.3) is 5.91 Å². The van der Waals surface area contributed by atoms with Crippen molar-refractivity contribution >= 4 is 41.0 Å². The van der Waals surface area contributed by atoms with Gasteiger partial charge in [-0.1, -0.05) is 11.6 Å². The number of ether oxygens (including phenoxy) is 1.